The van der Waals surface area contributed by atoms with Crippen molar-refractivity contribution in [3.05, 3.63) is 58.6 Å². The summed E-state index contributed by atoms with van der Waals surface area (Å²) in [7, 11) is 0. The summed E-state index contributed by atoms with van der Waals surface area (Å²) in [5.41, 5.74) is 2.65. The summed E-state index contributed by atoms with van der Waals surface area (Å²) in [6, 6.07) is 13.6. The summed E-state index contributed by atoms with van der Waals surface area (Å²) in [4.78, 5) is 0. The molecule has 3 heteroatoms. The Kier molecular flexibility index (Phi) is 3.22. The van der Waals surface area contributed by atoms with Crippen LogP contribution < -0.4 is 10.1 Å². The van der Waals surface area contributed by atoms with Crippen molar-refractivity contribution in [3.63, 3.8) is 0 Å². The van der Waals surface area contributed by atoms with Crippen molar-refractivity contribution in [2.75, 3.05) is 6.54 Å². The summed E-state index contributed by atoms with van der Waals surface area (Å²) in [5, 5.41) is 5.10. The molecule has 1 aliphatic rings. The standard InChI is InChI=1S/C15H13ClNO/c16-13-2-5-14(6-3-13)18-15-4-1-12-10-17-8-7-11(12)9-15/h1-6,9H,7-8,10H2. The molecule has 0 aromatic heterocycles. The third-order valence-corrected chi connectivity index (χ3v) is 3.30. The Morgan fingerprint density at radius 3 is 2.56 bits per heavy atom. The zero-order valence-corrected chi connectivity index (χ0v) is 10.7. The largest absolute Gasteiger partial charge is 0.457 e. The molecule has 2 aromatic rings. The first kappa shape index (κ1) is 11.6. The van der Waals surface area contributed by atoms with Crippen LogP contribution in [0.3, 0.4) is 0 Å². The second-order valence-electron chi connectivity index (χ2n) is 4.34. The van der Waals surface area contributed by atoms with E-state index < -0.39 is 0 Å². The first-order valence-electron chi connectivity index (χ1n) is 6.00. The van der Waals surface area contributed by atoms with Crippen molar-refractivity contribution >= 4 is 11.6 Å². The lowest BCUT2D eigenvalue weighted by atomic mass is 10.0. The molecular formula is C15H13ClNO. The van der Waals surface area contributed by atoms with E-state index in [0.717, 1.165) is 36.0 Å². The molecule has 18 heavy (non-hydrogen) atoms. The quantitative estimate of drug-likeness (QED) is 0.804. The SMILES string of the molecule is Clc1ccc(Oc2ccc3c(c2)CC[N]C3)cc1. The van der Waals surface area contributed by atoms with Crippen molar-refractivity contribution in [1.82, 2.24) is 5.32 Å². The van der Waals surface area contributed by atoms with Gasteiger partial charge in [-0.25, -0.2) is 5.32 Å². The molecule has 0 amide bonds. The summed E-state index contributed by atoms with van der Waals surface area (Å²) in [6.45, 7) is 1.74. The van der Waals surface area contributed by atoms with Crippen LogP contribution in [-0.4, -0.2) is 6.54 Å². The van der Waals surface area contributed by atoms with E-state index in [9.17, 15) is 0 Å². The zero-order chi connectivity index (χ0) is 12.4. The predicted octanol–water partition coefficient (Wildman–Crippen LogP) is 3.79. The number of nitrogens with zero attached hydrogens (tertiary/aromatic N) is 1. The molecule has 2 aromatic carbocycles. The minimum atomic E-state index is 0.717. The van der Waals surface area contributed by atoms with Crippen LogP contribution in [0.15, 0.2) is 42.5 Å². The molecule has 1 radical (unpaired) electrons. The second kappa shape index (κ2) is 5.01. The Morgan fingerprint density at radius 2 is 1.72 bits per heavy atom. The summed E-state index contributed by atoms with van der Waals surface area (Å²) >= 11 is 5.84. The van der Waals surface area contributed by atoms with E-state index in [1.807, 2.05) is 30.3 Å². The third-order valence-electron chi connectivity index (χ3n) is 3.05. The van der Waals surface area contributed by atoms with Crippen LogP contribution in [0.2, 0.25) is 5.02 Å². The monoisotopic (exact) mass is 258 g/mol. The number of benzene rings is 2. The van der Waals surface area contributed by atoms with Crippen molar-refractivity contribution in [2.24, 2.45) is 0 Å². The lowest BCUT2D eigenvalue weighted by molar-refractivity contribution is 0.480. The fourth-order valence-corrected chi connectivity index (χ4v) is 2.22. The van der Waals surface area contributed by atoms with Gasteiger partial charge >= 0.3 is 0 Å². The number of fused-ring (bicyclic) bond motifs is 1. The fourth-order valence-electron chi connectivity index (χ4n) is 2.09. The highest BCUT2D eigenvalue weighted by molar-refractivity contribution is 6.30. The van der Waals surface area contributed by atoms with Gasteiger partial charge in [-0.3, -0.25) is 0 Å². The highest BCUT2D eigenvalue weighted by Gasteiger charge is 2.10. The molecule has 0 bridgehead atoms. The van der Waals surface area contributed by atoms with Gasteiger partial charge in [0.2, 0.25) is 0 Å². The number of ether oxygens (including phenoxy) is 1. The molecule has 91 valence electrons. The number of hydrogen-bond donors (Lipinski definition) is 0. The van der Waals surface area contributed by atoms with Gasteiger partial charge in [0.1, 0.15) is 11.5 Å². The molecule has 0 saturated heterocycles. The fraction of sp³-hybridized carbons (Fsp3) is 0.200. The van der Waals surface area contributed by atoms with Crippen LogP contribution in [0.5, 0.6) is 11.5 Å². The van der Waals surface area contributed by atoms with Gasteiger partial charge in [-0.05, 0) is 53.9 Å². The maximum atomic E-state index is 5.84. The summed E-state index contributed by atoms with van der Waals surface area (Å²) in [6.07, 6.45) is 1.01. The molecule has 0 fully saturated rings. The molecule has 0 aliphatic carbocycles. The van der Waals surface area contributed by atoms with E-state index in [-0.39, 0.29) is 0 Å². The molecular weight excluding hydrogens is 246 g/mol. The Morgan fingerprint density at radius 1 is 0.944 bits per heavy atom. The Hall–Kier alpha value is -1.51. The minimum absolute atomic E-state index is 0.717. The maximum absolute atomic E-state index is 5.84. The third kappa shape index (κ3) is 2.50. The van der Waals surface area contributed by atoms with Crippen LogP contribution in [0.4, 0.5) is 0 Å². The first-order valence-corrected chi connectivity index (χ1v) is 6.37. The molecule has 0 spiro atoms. The average molecular weight is 259 g/mol. The van der Waals surface area contributed by atoms with Crippen molar-refractivity contribution < 1.29 is 4.74 Å². The smallest absolute Gasteiger partial charge is 0.127 e. The van der Waals surface area contributed by atoms with Crippen LogP contribution in [0.25, 0.3) is 0 Å². The Labute approximate surface area is 112 Å². The van der Waals surface area contributed by atoms with Crippen molar-refractivity contribution in [2.45, 2.75) is 13.0 Å². The van der Waals surface area contributed by atoms with Gasteiger partial charge in [-0.15, -0.1) is 0 Å². The topological polar surface area (TPSA) is 23.3 Å². The average Bonchev–Trinajstić information content (AvgIpc) is 2.41. The molecule has 0 atom stereocenters. The molecule has 1 aliphatic heterocycles. The number of hydrogen-bond acceptors (Lipinski definition) is 1. The van der Waals surface area contributed by atoms with Crippen LogP contribution in [-0.2, 0) is 13.0 Å². The molecule has 3 rings (SSSR count). The van der Waals surface area contributed by atoms with Crippen LogP contribution in [0.1, 0.15) is 11.1 Å². The highest BCUT2D eigenvalue weighted by Crippen LogP contribution is 2.26. The van der Waals surface area contributed by atoms with Crippen molar-refractivity contribution in [1.29, 1.82) is 0 Å². The number of halogens is 1. The highest BCUT2D eigenvalue weighted by atomic mass is 35.5. The van der Waals surface area contributed by atoms with Gasteiger partial charge in [-0.1, -0.05) is 17.7 Å². The molecule has 0 N–H and O–H groups in total. The van der Waals surface area contributed by atoms with E-state index in [4.69, 9.17) is 16.3 Å². The lowest BCUT2D eigenvalue weighted by Crippen LogP contribution is -2.17. The van der Waals surface area contributed by atoms with Gasteiger partial charge in [0.15, 0.2) is 0 Å². The Balaban J connectivity index is 1.82. The zero-order valence-electron chi connectivity index (χ0n) is 9.90. The van der Waals surface area contributed by atoms with Gasteiger partial charge < -0.3 is 4.74 Å². The lowest BCUT2D eigenvalue weighted by Gasteiger charge is -2.16. The summed E-state index contributed by atoms with van der Waals surface area (Å²) < 4.78 is 5.81. The van der Waals surface area contributed by atoms with Gasteiger partial charge in [0.25, 0.3) is 0 Å². The second-order valence-corrected chi connectivity index (χ2v) is 4.78. The Bertz CT molecular complexity index is 551. The normalized spacial score (nSPS) is 14.1. The molecule has 1 heterocycles. The van der Waals surface area contributed by atoms with Crippen LogP contribution >= 0.6 is 11.6 Å². The van der Waals surface area contributed by atoms with E-state index in [1.165, 1.54) is 11.1 Å². The first-order chi connectivity index (χ1) is 8.81. The van der Waals surface area contributed by atoms with E-state index in [1.54, 1.807) is 0 Å². The number of rotatable bonds is 2. The molecule has 0 unspecified atom stereocenters. The molecule has 2 nitrogen and oxygen atoms in total. The van der Waals surface area contributed by atoms with Gasteiger partial charge in [-0.2, -0.15) is 0 Å². The van der Waals surface area contributed by atoms with Crippen LogP contribution in [0, 0.1) is 0 Å². The maximum Gasteiger partial charge on any atom is 0.127 e. The van der Waals surface area contributed by atoms with E-state index >= 15 is 0 Å². The predicted molar refractivity (Wildman–Crippen MR) is 72.4 cm³/mol. The van der Waals surface area contributed by atoms with Gasteiger partial charge in [0, 0.05) is 18.1 Å². The summed E-state index contributed by atoms with van der Waals surface area (Å²) in [5.74, 6) is 1.68. The van der Waals surface area contributed by atoms with E-state index in [2.05, 4.69) is 17.4 Å². The minimum Gasteiger partial charge on any atom is -0.457 e. The van der Waals surface area contributed by atoms with Gasteiger partial charge in [0.05, 0.1) is 0 Å². The van der Waals surface area contributed by atoms with E-state index in [0.29, 0.717) is 0 Å². The molecule has 0 saturated carbocycles. The van der Waals surface area contributed by atoms with Crippen molar-refractivity contribution in [3.8, 4) is 11.5 Å².